The van der Waals surface area contributed by atoms with Crippen molar-refractivity contribution in [2.75, 3.05) is 31.6 Å². The molecular formula is C19H22F3IN4OS. The molecule has 0 atom stereocenters. The molecule has 2 aliphatic heterocycles. The van der Waals surface area contributed by atoms with Crippen LogP contribution in [0.15, 0.2) is 23.1 Å². The minimum Gasteiger partial charge on any atom is -0.380 e. The maximum Gasteiger partial charge on any atom is 0.446 e. The van der Waals surface area contributed by atoms with Crippen LogP contribution in [0.2, 0.25) is 0 Å². The Morgan fingerprint density at radius 1 is 1.17 bits per heavy atom. The van der Waals surface area contributed by atoms with Crippen LogP contribution in [0.4, 0.5) is 19.0 Å². The molecule has 0 aromatic carbocycles. The molecule has 0 amide bonds. The fourth-order valence-corrected chi connectivity index (χ4v) is 6.22. The van der Waals surface area contributed by atoms with Crippen molar-refractivity contribution in [3.05, 3.63) is 21.9 Å². The van der Waals surface area contributed by atoms with Gasteiger partial charge in [0.2, 0.25) is 0 Å². The Morgan fingerprint density at radius 2 is 1.90 bits per heavy atom. The maximum absolute atomic E-state index is 12.9. The molecule has 2 saturated heterocycles. The van der Waals surface area contributed by atoms with Crippen molar-refractivity contribution in [2.24, 2.45) is 5.41 Å². The molecular weight excluding hydrogens is 516 g/mol. The van der Waals surface area contributed by atoms with Crippen molar-refractivity contribution in [3.63, 3.8) is 0 Å². The summed E-state index contributed by atoms with van der Waals surface area (Å²) < 4.78 is 46.1. The van der Waals surface area contributed by atoms with Crippen molar-refractivity contribution in [1.82, 2.24) is 14.5 Å². The first-order valence-electron chi connectivity index (χ1n) is 9.83. The van der Waals surface area contributed by atoms with Gasteiger partial charge in [0.25, 0.3) is 0 Å². The molecule has 5 nitrogen and oxygen atoms in total. The van der Waals surface area contributed by atoms with Crippen LogP contribution in [-0.2, 0) is 4.74 Å². The van der Waals surface area contributed by atoms with Gasteiger partial charge in [0, 0.05) is 30.6 Å². The first kappa shape index (κ1) is 20.2. The first-order chi connectivity index (χ1) is 13.8. The number of hydrogen-bond donors (Lipinski definition) is 1. The predicted octanol–water partition coefficient (Wildman–Crippen LogP) is 4.61. The topological polar surface area (TPSA) is 41.8 Å². The molecule has 1 spiro atoms. The number of fused-ring (bicyclic) bond motifs is 1. The van der Waals surface area contributed by atoms with Crippen LogP contribution in [0, 0.1) is 9.12 Å². The predicted molar refractivity (Wildman–Crippen MR) is 114 cm³/mol. The quantitative estimate of drug-likeness (QED) is 0.455. The van der Waals surface area contributed by atoms with E-state index in [4.69, 9.17) is 4.74 Å². The van der Waals surface area contributed by atoms with Gasteiger partial charge in [-0.15, -0.1) is 0 Å². The number of likely N-dealkylation sites (tertiary alicyclic amines) is 1. The zero-order valence-corrected chi connectivity index (χ0v) is 18.7. The van der Waals surface area contributed by atoms with E-state index in [1.54, 1.807) is 16.6 Å². The Hall–Kier alpha value is -0.720. The van der Waals surface area contributed by atoms with Crippen molar-refractivity contribution in [3.8, 4) is 0 Å². The molecule has 10 heteroatoms. The van der Waals surface area contributed by atoms with Gasteiger partial charge in [0.1, 0.15) is 9.52 Å². The van der Waals surface area contributed by atoms with Gasteiger partial charge in [0.15, 0.2) is 0 Å². The second kappa shape index (κ2) is 7.45. The molecule has 2 aromatic heterocycles. The average Bonchev–Trinajstić information content (AvgIpc) is 2.89. The van der Waals surface area contributed by atoms with Crippen LogP contribution < -0.4 is 5.32 Å². The van der Waals surface area contributed by atoms with Crippen molar-refractivity contribution < 1.29 is 17.9 Å². The highest BCUT2D eigenvalue weighted by Gasteiger charge is 2.50. The second-order valence-electron chi connectivity index (χ2n) is 8.42. The molecule has 3 aliphatic rings. The Labute approximate surface area is 184 Å². The lowest BCUT2D eigenvalue weighted by Crippen LogP contribution is -2.68. The minimum absolute atomic E-state index is 0.0960. The van der Waals surface area contributed by atoms with E-state index < -0.39 is 5.51 Å². The van der Waals surface area contributed by atoms with E-state index in [1.165, 1.54) is 13.1 Å². The Bertz CT molecular complexity index is 901. The zero-order valence-electron chi connectivity index (χ0n) is 15.7. The number of halogens is 4. The number of nitrogens with one attached hydrogen (secondary N) is 1. The summed E-state index contributed by atoms with van der Waals surface area (Å²) in [6.45, 7) is 4.17. The third-order valence-electron chi connectivity index (χ3n) is 6.25. The molecule has 1 aliphatic carbocycles. The van der Waals surface area contributed by atoms with Crippen molar-refractivity contribution >= 4 is 45.7 Å². The van der Waals surface area contributed by atoms with Crippen LogP contribution in [0.5, 0.6) is 0 Å². The fourth-order valence-electron chi connectivity index (χ4n) is 4.78. The molecule has 158 valence electrons. The van der Waals surface area contributed by atoms with Crippen molar-refractivity contribution in [2.45, 2.75) is 48.2 Å². The lowest BCUT2D eigenvalue weighted by Gasteiger charge is -2.58. The lowest BCUT2D eigenvalue weighted by atomic mass is 9.75. The molecule has 29 heavy (non-hydrogen) atoms. The molecule has 1 N–H and O–H groups in total. The number of nitrogens with zero attached hydrogens (tertiary/aromatic N) is 3. The van der Waals surface area contributed by atoms with Gasteiger partial charge in [-0.1, -0.05) is 6.07 Å². The molecule has 2 aromatic rings. The summed E-state index contributed by atoms with van der Waals surface area (Å²) in [7, 11) is 0. The highest BCUT2D eigenvalue weighted by molar-refractivity contribution is 14.1. The van der Waals surface area contributed by atoms with E-state index in [-0.39, 0.29) is 16.7 Å². The molecule has 1 saturated carbocycles. The van der Waals surface area contributed by atoms with Gasteiger partial charge in [-0.25, -0.2) is 4.52 Å². The summed E-state index contributed by atoms with van der Waals surface area (Å²) in [6.07, 6.45) is 4.42. The number of aromatic nitrogens is 2. The molecule has 4 heterocycles. The number of alkyl halides is 3. The van der Waals surface area contributed by atoms with Gasteiger partial charge < -0.3 is 10.1 Å². The SMILES string of the molecule is FC(F)(F)Sc1c(I)nn2c(NC3CCC(N4CC5(COC5)C4)CC3)cccc12. The van der Waals surface area contributed by atoms with E-state index in [0.717, 1.165) is 44.7 Å². The molecule has 0 radical (unpaired) electrons. The highest BCUT2D eigenvalue weighted by atomic mass is 127. The van der Waals surface area contributed by atoms with Gasteiger partial charge in [-0.2, -0.15) is 18.3 Å². The summed E-state index contributed by atoms with van der Waals surface area (Å²) in [5.41, 5.74) is -3.38. The number of hydrogen-bond acceptors (Lipinski definition) is 5. The number of anilines is 1. The third-order valence-corrected chi connectivity index (χ3v) is 8.21. The molecule has 5 rings (SSSR count). The summed E-state index contributed by atoms with van der Waals surface area (Å²) in [4.78, 5) is 2.76. The summed E-state index contributed by atoms with van der Waals surface area (Å²) in [6, 6.07) is 6.34. The molecule has 0 bridgehead atoms. The number of thioether (sulfide) groups is 1. The fraction of sp³-hybridized carbons (Fsp3) is 0.632. The number of rotatable bonds is 4. The number of pyridine rings is 1. The summed E-state index contributed by atoms with van der Waals surface area (Å²) >= 11 is 1.78. The zero-order chi connectivity index (χ0) is 20.2. The normalized spacial score (nSPS) is 27.0. The van der Waals surface area contributed by atoms with E-state index >= 15 is 0 Å². The van der Waals surface area contributed by atoms with Crippen LogP contribution in [0.25, 0.3) is 5.52 Å². The van der Waals surface area contributed by atoms with E-state index in [9.17, 15) is 13.2 Å². The molecule has 0 unspecified atom stereocenters. The third kappa shape index (κ3) is 3.97. The molecule has 3 fully saturated rings. The summed E-state index contributed by atoms with van der Waals surface area (Å²) in [5, 5.41) is 7.89. The first-order valence-corrected chi connectivity index (χ1v) is 11.7. The van der Waals surface area contributed by atoms with Gasteiger partial charge in [-0.3, -0.25) is 4.90 Å². The second-order valence-corrected chi connectivity index (χ2v) is 10.5. The lowest BCUT2D eigenvalue weighted by molar-refractivity contribution is -0.200. The monoisotopic (exact) mass is 538 g/mol. The smallest absolute Gasteiger partial charge is 0.380 e. The van der Waals surface area contributed by atoms with Gasteiger partial charge in [0.05, 0.1) is 23.6 Å². The Balaban J connectivity index is 1.24. The Morgan fingerprint density at radius 3 is 2.52 bits per heavy atom. The summed E-state index contributed by atoms with van der Waals surface area (Å²) in [5.74, 6) is 0.757. The van der Waals surface area contributed by atoms with Gasteiger partial charge >= 0.3 is 5.51 Å². The van der Waals surface area contributed by atoms with E-state index in [2.05, 4.69) is 15.3 Å². The van der Waals surface area contributed by atoms with Gasteiger partial charge in [-0.05, 0) is 72.2 Å². The van der Waals surface area contributed by atoms with Crippen LogP contribution >= 0.6 is 34.4 Å². The minimum atomic E-state index is -4.33. The highest BCUT2D eigenvalue weighted by Crippen LogP contribution is 2.43. The largest absolute Gasteiger partial charge is 0.446 e. The number of ether oxygens (including phenoxy) is 1. The van der Waals surface area contributed by atoms with E-state index in [1.807, 2.05) is 28.7 Å². The van der Waals surface area contributed by atoms with Crippen LogP contribution in [0.3, 0.4) is 0 Å². The van der Waals surface area contributed by atoms with Crippen LogP contribution in [-0.4, -0.2) is 58.4 Å². The maximum atomic E-state index is 12.9. The van der Waals surface area contributed by atoms with Crippen molar-refractivity contribution in [1.29, 1.82) is 0 Å². The standard InChI is InChI=1S/C19H22F3IN4OS/c20-19(21,22)29-16-14-2-1-3-15(27(14)25-17(16)23)24-12-4-6-13(7-5-12)26-8-18(9-26)10-28-11-18/h1-3,12-13,24H,4-11H2. The average molecular weight is 538 g/mol. The van der Waals surface area contributed by atoms with E-state index in [0.29, 0.717) is 26.7 Å². The van der Waals surface area contributed by atoms with Crippen LogP contribution in [0.1, 0.15) is 25.7 Å². The Kier molecular flexibility index (Phi) is 5.19.